The van der Waals surface area contributed by atoms with Gasteiger partial charge >= 0.3 is 0 Å². The summed E-state index contributed by atoms with van der Waals surface area (Å²) in [5, 5.41) is 16.0. The van der Waals surface area contributed by atoms with Crippen molar-refractivity contribution in [1.29, 1.82) is 0 Å². The number of thioether (sulfide) groups is 1. The Morgan fingerprint density at radius 2 is 2.32 bits per heavy atom. The van der Waals surface area contributed by atoms with E-state index in [9.17, 15) is 0 Å². The number of hydrogen-bond donors (Lipinski definition) is 1. The third-order valence-electron chi connectivity index (χ3n) is 2.87. The van der Waals surface area contributed by atoms with Gasteiger partial charge in [0.25, 0.3) is 0 Å². The van der Waals surface area contributed by atoms with Gasteiger partial charge in [-0.1, -0.05) is 25.6 Å². The lowest BCUT2D eigenvalue weighted by atomic mass is 10.2. The molecule has 0 atom stereocenters. The van der Waals surface area contributed by atoms with Gasteiger partial charge in [-0.2, -0.15) is 0 Å². The summed E-state index contributed by atoms with van der Waals surface area (Å²) >= 11 is 1.56. The van der Waals surface area contributed by atoms with Crippen molar-refractivity contribution in [2.75, 3.05) is 25.6 Å². The minimum absolute atomic E-state index is 0.635. The van der Waals surface area contributed by atoms with E-state index < -0.39 is 0 Å². The van der Waals surface area contributed by atoms with E-state index in [1.54, 1.807) is 11.8 Å². The molecule has 6 nitrogen and oxygen atoms in total. The molecule has 1 aliphatic carbocycles. The van der Waals surface area contributed by atoms with Crippen molar-refractivity contribution >= 4 is 11.8 Å². The molecule has 7 heteroatoms. The number of hydrogen-bond acceptors (Lipinski definition) is 6. The molecule has 1 aliphatic rings. The maximum absolute atomic E-state index is 5.58. The normalized spacial score (nSPS) is 15.3. The van der Waals surface area contributed by atoms with E-state index in [1.807, 2.05) is 4.68 Å². The minimum Gasteiger partial charge on any atom is -0.370 e. The Hall–Kier alpha value is -0.660. The molecule has 0 unspecified atom stereocenters. The van der Waals surface area contributed by atoms with Crippen LogP contribution in [0.15, 0.2) is 5.16 Å². The molecule has 1 fully saturated rings. The molecule has 0 amide bonds. The summed E-state index contributed by atoms with van der Waals surface area (Å²) in [6, 6.07) is 0. The highest BCUT2D eigenvalue weighted by molar-refractivity contribution is 7.99. The van der Waals surface area contributed by atoms with Gasteiger partial charge in [0.15, 0.2) is 0 Å². The van der Waals surface area contributed by atoms with E-state index in [0.717, 1.165) is 37.3 Å². The summed E-state index contributed by atoms with van der Waals surface area (Å²) in [6.07, 6.45) is 2.65. The van der Waals surface area contributed by atoms with Gasteiger partial charge in [-0.05, 0) is 41.6 Å². The van der Waals surface area contributed by atoms with Crippen molar-refractivity contribution < 1.29 is 4.74 Å². The predicted octanol–water partition coefficient (Wildman–Crippen LogP) is 1.39. The first kappa shape index (κ1) is 14.7. The van der Waals surface area contributed by atoms with Crippen LogP contribution in [-0.4, -0.2) is 45.8 Å². The highest BCUT2D eigenvalue weighted by atomic mass is 32.2. The Labute approximate surface area is 118 Å². The first-order valence-electron chi connectivity index (χ1n) is 6.93. The zero-order chi connectivity index (χ0) is 13.5. The zero-order valence-electron chi connectivity index (χ0n) is 11.7. The largest absolute Gasteiger partial charge is 0.370 e. The van der Waals surface area contributed by atoms with Crippen molar-refractivity contribution in [2.45, 2.75) is 38.4 Å². The van der Waals surface area contributed by atoms with E-state index >= 15 is 0 Å². The van der Waals surface area contributed by atoms with E-state index in [0.29, 0.717) is 11.9 Å². The zero-order valence-corrected chi connectivity index (χ0v) is 12.5. The van der Waals surface area contributed by atoms with Crippen LogP contribution in [0, 0.1) is 11.8 Å². The van der Waals surface area contributed by atoms with Gasteiger partial charge in [0.1, 0.15) is 0 Å². The molecule has 0 aliphatic heterocycles. The first-order valence-corrected chi connectivity index (χ1v) is 7.91. The van der Waals surface area contributed by atoms with Crippen molar-refractivity contribution in [3.05, 3.63) is 0 Å². The quantitative estimate of drug-likeness (QED) is 0.398. The summed E-state index contributed by atoms with van der Waals surface area (Å²) in [5.74, 6) is 2.10. The average molecular weight is 285 g/mol. The van der Waals surface area contributed by atoms with Crippen LogP contribution in [-0.2, 0) is 11.3 Å². The second kappa shape index (κ2) is 7.81. The molecule has 1 N–H and O–H groups in total. The smallest absolute Gasteiger partial charge is 0.211 e. The van der Waals surface area contributed by atoms with E-state index in [2.05, 4.69) is 34.7 Å². The van der Waals surface area contributed by atoms with Crippen LogP contribution in [0.2, 0.25) is 0 Å². The van der Waals surface area contributed by atoms with Gasteiger partial charge in [-0.25, -0.2) is 4.68 Å². The highest BCUT2D eigenvalue weighted by Crippen LogP contribution is 2.29. The van der Waals surface area contributed by atoms with Crippen molar-refractivity contribution in [2.24, 2.45) is 11.8 Å². The lowest BCUT2D eigenvalue weighted by Gasteiger charge is -2.08. The Morgan fingerprint density at radius 3 is 3.05 bits per heavy atom. The molecule has 108 valence electrons. The van der Waals surface area contributed by atoms with E-state index in [1.165, 1.54) is 12.8 Å². The third kappa shape index (κ3) is 5.88. The van der Waals surface area contributed by atoms with Crippen molar-refractivity contribution in [3.8, 4) is 0 Å². The molecule has 2 rings (SSSR count). The number of ether oxygens (including phenoxy) is 1. The predicted molar refractivity (Wildman–Crippen MR) is 74.9 cm³/mol. The van der Waals surface area contributed by atoms with Crippen molar-refractivity contribution in [1.82, 2.24) is 25.5 Å². The number of nitrogens with zero attached hydrogens (tertiary/aromatic N) is 4. The summed E-state index contributed by atoms with van der Waals surface area (Å²) in [5.41, 5.74) is 0. The lowest BCUT2D eigenvalue weighted by Crippen LogP contribution is -2.24. The second-order valence-electron chi connectivity index (χ2n) is 5.36. The topological polar surface area (TPSA) is 64.9 Å². The molecular weight excluding hydrogens is 262 g/mol. The first-order chi connectivity index (χ1) is 9.25. The fraction of sp³-hybridized carbons (Fsp3) is 0.917. The Bertz CT molecular complexity index is 342. The van der Waals surface area contributed by atoms with Crippen LogP contribution in [0.25, 0.3) is 0 Å². The van der Waals surface area contributed by atoms with Crippen LogP contribution in [0.4, 0.5) is 0 Å². The lowest BCUT2D eigenvalue weighted by molar-refractivity contribution is 0.170. The molecule has 1 aromatic rings. The number of tetrazole rings is 1. The summed E-state index contributed by atoms with van der Waals surface area (Å²) in [7, 11) is 0. The van der Waals surface area contributed by atoms with Crippen molar-refractivity contribution in [3.63, 3.8) is 0 Å². The monoisotopic (exact) mass is 285 g/mol. The Morgan fingerprint density at radius 1 is 1.47 bits per heavy atom. The van der Waals surface area contributed by atoms with Gasteiger partial charge in [0.05, 0.1) is 19.1 Å². The van der Waals surface area contributed by atoms with Gasteiger partial charge < -0.3 is 10.1 Å². The van der Waals surface area contributed by atoms with Crippen LogP contribution >= 0.6 is 11.8 Å². The number of nitrogens with one attached hydrogen (secondary N) is 1. The molecule has 0 saturated heterocycles. The van der Waals surface area contributed by atoms with Gasteiger partial charge in [0.2, 0.25) is 5.16 Å². The molecular formula is C12H23N5OS. The molecule has 1 heterocycles. The van der Waals surface area contributed by atoms with Crippen LogP contribution in [0.1, 0.15) is 26.7 Å². The number of rotatable bonds is 10. The second-order valence-corrected chi connectivity index (χ2v) is 6.25. The molecule has 1 aromatic heterocycles. The maximum atomic E-state index is 5.58. The third-order valence-corrected chi connectivity index (χ3v) is 3.71. The Kier molecular flexibility index (Phi) is 6.06. The summed E-state index contributed by atoms with van der Waals surface area (Å²) in [6.45, 7) is 7.98. The van der Waals surface area contributed by atoms with Gasteiger partial charge in [0, 0.05) is 6.54 Å². The molecule has 0 aromatic carbocycles. The van der Waals surface area contributed by atoms with Crippen LogP contribution < -0.4 is 5.32 Å². The SMILES string of the molecule is CC(C)CNCCn1nnnc1SCOCC1CC1. The standard InChI is InChI=1S/C12H23N5OS/c1-10(2)7-13-5-6-17-12(14-15-16-17)19-9-18-8-11-3-4-11/h10-11,13H,3-9H2,1-2H3. The molecule has 0 spiro atoms. The average Bonchev–Trinajstić information content (AvgIpc) is 3.10. The maximum Gasteiger partial charge on any atom is 0.211 e. The van der Waals surface area contributed by atoms with E-state index in [4.69, 9.17) is 4.74 Å². The summed E-state index contributed by atoms with van der Waals surface area (Å²) in [4.78, 5) is 0. The fourth-order valence-electron chi connectivity index (χ4n) is 1.61. The van der Waals surface area contributed by atoms with Gasteiger partial charge in [-0.3, -0.25) is 0 Å². The van der Waals surface area contributed by atoms with E-state index in [-0.39, 0.29) is 0 Å². The minimum atomic E-state index is 0.635. The van der Waals surface area contributed by atoms with Gasteiger partial charge in [-0.15, -0.1) is 5.10 Å². The van der Waals surface area contributed by atoms with Crippen LogP contribution in [0.5, 0.6) is 0 Å². The number of aromatic nitrogens is 4. The highest BCUT2D eigenvalue weighted by Gasteiger charge is 2.21. The Balaban J connectivity index is 1.61. The molecule has 0 radical (unpaired) electrons. The molecule has 1 saturated carbocycles. The molecule has 0 bridgehead atoms. The van der Waals surface area contributed by atoms with Crippen LogP contribution in [0.3, 0.4) is 0 Å². The fourth-order valence-corrected chi connectivity index (χ4v) is 2.27. The molecule has 19 heavy (non-hydrogen) atoms. The summed E-state index contributed by atoms with van der Waals surface area (Å²) < 4.78 is 7.41.